The van der Waals surface area contributed by atoms with E-state index in [1.807, 2.05) is 11.9 Å². The highest BCUT2D eigenvalue weighted by molar-refractivity contribution is 5.83. The third-order valence-corrected chi connectivity index (χ3v) is 4.62. The van der Waals surface area contributed by atoms with Crippen LogP contribution < -0.4 is 0 Å². The number of likely N-dealkylation sites (N-methyl/N-ethyl adjacent to an activating group) is 1. The molecule has 0 bridgehead atoms. The molecule has 1 aliphatic rings. The van der Waals surface area contributed by atoms with Crippen LogP contribution in [0.2, 0.25) is 0 Å². The van der Waals surface area contributed by atoms with Crippen molar-refractivity contribution >= 4 is 5.57 Å². The van der Waals surface area contributed by atoms with Crippen LogP contribution in [-0.2, 0) is 6.54 Å². The topological polar surface area (TPSA) is 29.0 Å². The number of aromatic nitrogens is 2. The molecule has 0 spiro atoms. The summed E-state index contributed by atoms with van der Waals surface area (Å²) in [6, 6.07) is 10.5. The first-order valence-electron chi connectivity index (χ1n) is 8.48. The van der Waals surface area contributed by atoms with E-state index in [1.54, 1.807) is 24.3 Å². The number of hydrogen-bond donors (Lipinski definition) is 0. The normalized spacial score (nSPS) is 14.4. The van der Waals surface area contributed by atoms with E-state index in [1.165, 1.54) is 24.4 Å². The highest BCUT2D eigenvalue weighted by Gasteiger charge is 2.22. The molecule has 0 fully saturated rings. The predicted octanol–water partition coefficient (Wildman–Crippen LogP) is 4.44. The molecule has 0 saturated carbocycles. The molecule has 0 radical (unpaired) electrons. The minimum Gasteiger partial charge on any atom is -0.298 e. The Balaban J connectivity index is 1.91. The van der Waals surface area contributed by atoms with Crippen LogP contribution in [0.5, 0.6) is 0 Å². The van der Waals surface area contributed by atoms with E-state index in [4.69, 9.17) is 0 Å². The van der Waals surface area contributed by atoms with Gasteiger partial charge in [-0.15, -0.1) is 0 Å². The van der Waals surface area contributed by atoms with Crippen molar-refractivity contribution in [3.8, 4) is 11.3 Å². The number of hydrogen-bond acceptors (Lipinski definition) is 3. The van der Waals surface area contributed by atoms with Crippen LogP contribution in [0.3, 0.4) is 0 Å². The van der Waals surface area contributed by atoms with Gasteiger partial charge in [-0.25, -0.2) is 13.2 Å². The van der Waals surface area contributed by atoms with Crippen molar-refractivity contribution in [2.45, 2.75) is 6.54 Å². The van der Waals surface area contributed by atoms with Crippen molar-refractivity contribution < 1.29 is 13.2 Å². The summed E-state index contributed by atoms with van der Waals surface area (Å²) in [7, 11) is 1.91. The molecule has 4 rings (SSSR count). The number of benzene rings is 2. The fraction of sp³-hybridized carbons (Fsp3) is 0.143. The molecule has 3 aromatic rings. The molecule has 0 N–H and O–H groups in total. The highest BCUT2D eigenvalue weighted by atomic mass is 19.2. The summed E-state index contributed by atoms with van der Waals surface area (Å²) in [5.41, 5.74) is 2.72. The fourth-order valence-electron chi connectivity index (χ4n) is 3.32. The molecule has 2 heterocycles. The minimum absolute atomic E-state index is 0.123. The Labute approximate surface area is 154 Å². The van der Waals surface area contributed by atoms with Gasteiger partial charge in [0.25, 0.3) is 0 Å². The maximum Gasteiger partial charge on any atom is 0.166 e. The van der Waals surface area contributed by atoms with E-state index in [-0.39, 0.29) is 5.56 Å². The van der Waals surface area contributed by atoms with Crippen molar-refractivity contribution in [3.63, 3.8) is 0 Å². The second-order valence-corrected chi connectivity index (χ2v) is 6.51. The van der Waals surface area contributed by atoms with E-state index in [0.717, 1.165) is 11.6 Å². The Bertz CT molecular complexity index is 1030. The second kappa shape index (κ2) is 6.96. The van der Waals surface area contributed by atoms with Gasteiger partial charge in [0.1, 0.15) is 5.82 Å². The summed E-state index contributed by atoms with van der Waals surface area (Å²) in [6.07, 6.45) is 3.32. The summed E-state index contributed by atoms with van der Waals surface area (Å²) in [5.74, 6) is -2.34. The van der Waals surface area contributed by atoms with Crippen LogP contribution in [0.25, 0.3) is 16.8 Å². The van der Waals surface area contributed by atoms with Gasteiger partial charge in [0, 0.05) is 30.4 Å². The van der Waals surface area contributed by atoms with Crippen molar-refractivity contribution in [3.05, 3.63) is 88.9 Å². The predicted molar refractivity (Wildman–Crippen MR) is 97.2 cm³/mol. The fourth-order valence-corrected chi connectivity index (χ4v) is 3.32. The van der Waals surface area contributed by atoms with Gasteiger partial charge < -0.3 is 0 Å². The number of rotatable bonds is 2. The molecule has 1 aromatic heterocycles. The first-order valence-corrected chi connectivity index (χ1v) is 8.48. The zero-order chi connectivity index (χ0) is 19.0. The lowest BCUT2D eigenvalue weighted by Gasteiger charge is -2.16. The molecule has 136 valence electrons. The van der Waals surface area contributed by atoms with Gasteiger partial charge in [0.2, 0.25) is 0 Å². The van der Waals surface area contributed by atoms with Gasteiger partial charge in [0.15, 0.2) is 11.6 Å². The third-order valence-electron chi connectivity index (χ3n) is 4.62. The van der Waals surface area contributed by atoms with E-state index in [0.29, 0.717) is 35.5 Å². The molecule has 27 heavy (non-hydrogen) atoms. The average Bonchev–Trinajstić information content (AvgIpc) is 2.82. The molecule has 1 aliphatic heterocycles. The smallest absolute Gasteiger partial charge is 0.166 e. The Morgan fingerprint density at radius 3 is 2.56 bits per heavy atom. The molecule has 0 amide bonds. The monoisotopic (exact) mass is 367 g/mol. The highest BCUT2D eigenvalue weighted by Crippen LogP contribution is 2.35. The largest absolute Gasteiger partial charge is 0.298 e. The van der Waals surface area contributed by atoms with Crippen LogP contribution >= 0.6 is 0 Å². The van der Waals surface area contributed by atoms with Crippen LogP contribution in [0.4, 0.5) is 13.2 Å². The molecule has 2 aromatic carbocycles. The van der Waals surface area contributed by atoms with Gasteiger partial charge in [-0.05, 0) is 54.1 Å². The summed E-state index contributed by atoms with van der Waals surface area (Å²) in [4.78, 5) is 2.02. The van der Waals surface area contributed by atoms with Crippen LogP contribution in [0.1, 0.15) is 16.7 Å². The van der Waals surface area contributed by atoms with Crippen LogP contribution in [-0.4, -0.2) is 28.7 Å². The first kappa shape index (κ1) is 17.4. The van der Waals surface area contributed by atoms with Gasteiger partial charge in [-0.3, -0.25) is 4.90 Å². The summed E-state index contributed by atoms with van der Waals surface area (Å²) >= 11 is 0. The Hall–Kier alpha value is -2.99. The molecule has 0 unspecified atom stereocenters. The maximum atomic E-state index is 14.9. The van der Waals surface area contributed by atoms with Crippen molar-refractivity contribution in [2.75, 3.05) is 13.6 Å². The first-order chi connectivity index (χ1) is 13.0. The molecule has 3 nitrogen and oxygen atoms in total. The Morgan fingerprint density at radius 2 is 1.78 bits per heavy atom. The van der Waals surface area contributed by atoms with Gasteiger partial charge in [0.05, 0.1) is 5.69 Å². The summed E-state index contributed by atoms with van der Waals surface area (Å²) in [6.45, 7) is 1.07. The van der Waals surface area contributed by atoms with Crippen molar-refractivity contribution in [1.29, 1.82) is 0 Å². The molecule has 0 aliphatic carbocycles. The Morgan fingerprint density at radius 1 is 0.926 bits per heavy atom. The van der Waals surface area contributed by atoms with Gasteiger partial charge in [-0.1, -0.05) is 18.2 Å². The number of fused-ring (bicyclic) bond motifs is 1. The summed E-state index contributed by atoms with van der Waals surface area (Å²) in [5, 5.41) is 7.78. The summed E-state index contributed by atoms with van der Waals surface area (Å²) < 4.78 is 43.1. The van der Waals surface area contributed by atoms with Crippen LogP contribution in [0.15, 0.2) is 54.7 Å². The lowest BCUT2D eigenvalue weighted by Crippen LogP contribution is -2.16. The quantitative estimate of drug-likeness (QED) is 0.671. The Kier molecular flexibility index (Phi) is 4.49. The minimum atomic E-state index is -0.933. The molecular weight excluding hydrogens is 351 g/mol. The molecular formula is C21H16F3N3. The van der Waals surface area contributed by atoms with Crippen LogP contribution in [0, 0.1) is 17.5 Å². The van der Waals surface area contributed by atoms with Gasteiger partial charge >= 0.3 is 0 Å². The lowest BCUT2D eigenvalue weighted by molar-refractivity contribution is 0.365. The zero-order valence-electron chi connectivity index (χ0n) is 14.6. The molecule has 0 saturated heterocycles. The number of halogens is 3. The maximum absolute atomic E-state index is 14.9. The molecule has 6 heteroatoms. The van der Waals surface area contributed by atoms with Gasteiger partial charge in [-0.2, -0.15) is 10.2 Å². The SMILES string of the molecule is CN1CC=C(c2cccc(F)c2F)c2cc(F)c(-c3cccnn3)cc2C1. The molecule has 0 atom stereocenters. The standard InChI is InChI=1S/C21H16F3N3/c1-27-9-7-14(15-4-2-5-18(22)21(15)24)16-11-19(23)17(10-13(16)12-27)20-6-3-8-25-26-20/h2-8,10-11H,9,12H2,1H3. The second-order valence-electron chi connectivity index (χ2n) is 6.51. The third kappa shape index (κ3) is 3.24. The van der Waals surface area contributed by atoms with Crippen molar-refractivity contribution in [2.24, 2.45) is 0 Å². The lowest BCUT2D eigenvalue weighted by atomic mass is 9.91. The average molecular weight is 367 g/mol. The van der Waals surface area contributed by atoms with E-state index < -0.39 is 17.5 Å². The van der Waals surface area contributed by atoms with E-state index in [9.17, 15) is 13.2 Å². The zero-order valence-corrected chi connectivity index (χ0v) is 14.6. The van der Waals surface area contributed by atoms with E-state index >= 15 is 0 Å². The van der Waals surface area contributed by atoms with E-state index in [2.05, 4.69) is 10.2 Å². The van der Waals surface area contributed by atoms with Crippen molar-refractivity contribution in [1.82, 2.24) is 15.1 Å². The number of nitrogens with zero attached hydrogens (tertiary/aromatic N) is 3.